The lowest BCUT2D eigenvalue weighted by atomic mass is 9.93. The Morgan fingerprint density at radius 2 is 1.81 bits per heavy atom. The molecule has 140 valence electrons. The summed E-state index contributed by atoms with van der Waals surface area (Å²) in [6.07, 6.45) is 1.09. The van der Waals surface area contributed by atoms with Crippen molar-refractivity contribution in [3.05, 3.63) is 34.9 Å². The van der Waals surface area contributed by atoms with E-state index in [0.29, 0.717) is 5.95 Å². The molecule has 0 bridgehead atoms. The van der Waals surface area contributed by atoms with E-state index in [4.69, 9.17) is 5.73 Å². The Kier molecular flexibility index (Phi) is 5.65. The second kappa shape index (κ2) is 7.78. The van der Waals surface area contributed by atoms with Gasteiger partial charge >= 0.3 is 0 Å². The molecule has 0 radical (unpaired) electrons. The largest absolute Gasteiger partial charge is 0.368 e. The van der Waals surface area contributed by atoms with Crippen molar-refractivity contribution in [2.24, 2.45) is 0 Å². The van der Waals surface area contributed by atoms with Crippen molar-refractivity contribution in [2.45, 2.75) is 19.9 Å². The molecule has 0 aliphatic carbocycles. The molecule has 4 rings (SSSR count). The Morgan fingerprint density at radius 1 is 1.04 bits per heavy atom. The first-order valence-electron chi connectivity index (χ1n) is 9.02. The van der Waals surface area contributed by atoms with Crippen LogP contribution < -0.4 is 16.0 Å². The fourth-order valence-corrected chi connectivity index (χ4v) is 3.72. The van der Waals surface area contributed by atoms with Crippen molar-refractivity contribution in [1.29, 1.82) is 0 Å². The number of nitrogens with two attached hydrogens (primary N) is 1. The molecule has 2 aliphatic heterocycles. The average Bonchev–Trinajstić information content (AvgIpc) is 2.61. The van der Waals surface area contributed by atoms with Gasteiger partial charge in [0.15, 0.2) is 0 Å². The standard InChI is InChI=1S/C19H26N6.ClH/c1-13-9-14-3-4-21-12-15(14)10-16(13)17-11-18(23-19(20)22-17)25-7-5-24(2)6-8-25;/h9-11,21H,3-8,12H2,1-2H3,(H2,20,22,23);1H. The van der Waals surface area contributed by atoms with Crippen LogP contribution in [-0.4, -0.2) is 54.6 Å². The van der Waals surface area contributed by atoms with Crippen LogP contribution in [0.3, 0.4) is 0 Å². The predicted molar refractivity (Wildman–Crippen MR) is 109 cm³/mol. The molecule has 3 heterocycles. The van der Waals surface area contributed by atoms with Crippen LogP contribution in [-0.2, 0) is 13.0 Å². The Labute approximate surface area is 161 Å². The Hall–Kier alpha value is -1.89. The molecule has 0 unspecified atom stereocenters. The van der Waals surface area contributed by atoms with Crippen LogP contribution in [0.2, 0.25) is 0 Å². The van der Waals surface area contributed by atoms with E-state index < -0.39 is 0 Å². The zero-order chi connectivity index (χ0) is 17.4. The summed E-state index contributed by atoms with van der Waals surface area (Å²) in [7, 11) is 2.15. The Bertz CT molecular complexity index is 786. The van der Waals surface area contributed by atoms with Crippen LogP contribution in [0.1, 0.15) is 16.7 Å². The first-order valence-corrected chi connectivity index (χ1v) is 9.02. The minimum atomic E-state index is 0. The van der Waals surface area contributed by atoms with Gasteiger partial charge in [0, 0.05) is 44.4 Å². The number of hydrogen-bond donors (Lipinski definition) is 2. The number of nitrogen functional groups attached to an aromatic ring is 1. The maximum atomic E-state index is 6.05. The number of likely N-dealkylation sites (N-methyl/N-ethyl adjacent to an activating group) is 1. The number of nitrogens with zero attached hydrogens (tertiary/aromatic N) is 4. The molecule has 26 heavy (non-hydrogen) atoms. The number of nitrogens with one attached hydrogen (secondary N) is 1. The summed E-state index contributed by atoms with van der Waals surface area (Å²) in [5.74, 6) is 1.28. The molecule has 0 amide bonds. The lowest BCUT2D eigenvalue weighted by Crippen LogP contribution is -2.44. The fourth-order valence-electron chi connectivity index (χ4n) is 3.72. The number of anilines is 2. The molecule has 1 saturated heterocycles. The van der Waals surface area contributed by atoms with Gasteiger partial charge in [0.25, 0.3) is 0 Å². The van der Waals surface area contributed by atoms with Gasteiger partial charge < -0.3 is 20.9 Å². The van der Waals surface area contributed by atoms with Crippen LogP contribution in [0, 0.1) is 6.92 Å². The molecule has 1 fully saturated rings. The van der Waals surface area contributed by atoms with E-state index >= 15 is 0 Å². The first-order chi connectivity index (χ1) is 12.1. The van der Waals surface area contributed by atoms with E-state index in [0.717, 1.165) is 62.8 Å². The molecule has 2 aromatic rings. The van der Waals surface area contributed by atoms with Gasteiger partial charge in [0.2, 0.25) is 5.95 Å². The highest BCUT2D eigenvalue weighted by molar-refractivity contribution is 5.85. The third-order valence-corrected chi connectivity index (χ3v) is 5.27. The van der Waals surface area contributed by atoms with Crippen molar-refractivity contribution >= 4 is 24.2 Å². The third kappa shape index (κ3) is 3.77. The summed E-state index contributed by atoms with van der Waals surface area (Å²) in [5.41, 5.74) is 12.2. The van der Waals surface area contributed by atoms with E-state index in [-0.39, 0.29) is 12.4 Å². The number of rotatable bonds is 2. The number of piperazine rings is 1. The Morgan fingerprint density at radius 3 is 2.58 bits per heavy atom. The average molecular weight is 375 g/mol. The van der Waals surface area contributed by atoms with Crippen molar-refractivity contribution in [2.75, 3.05) is 50.4 Å². The van der Waals surface area contributed by atoms with Crippen molar-refractivity contribution < 1.29 is 0 Å². The molecule has 0 saturated carbocycles. The van der Waals surface area contributed by atoms with Gasteiger partial charge in [-0.15, -0.1) is 12.4 Å². The maximum absolute atomic E-state index is 6.05. The highest BCUT2D eigenvalue weighted by Crippen LogP contribution is 2.29. The number of halogens is 1. The van der Waals surface area contributed by atoms with Crippen molar-refractivity contribution in [1.82, 2.24) is 20.2 Å². The van der Waals surface area contributed by atoms with E-state index in [9.17, 15) is 0 Å². The zero-order valence-electron chi connectivity index (χ0n) is 15.5. The molecular formula is C19H27ClN6. The number of aromatic nitrogens is 2. The smallest absolute Gasteiger partial charge is 0.222 e. The Balaban J connectivity index is 0.00000196. The topological polar surface area (TPSA) is 70.3 Å². The minimum absolute atomic E-state index is 0. The highest BCUT2D eigenvalue weighted by Gasteiger charge is 2.19. The van der Waals surface area contributed by atoms with Crippen molar-refractivity contribution in [3.8, 4) is 11.3 Å². The minimum Gasteiger partial charge on any atom is -0.368 e. The summed E-state index contributed by atoms with van der Waals surface area (Å²) >= 11 is 0. The fraction of sp³-hybridized carbons (Fsp3) is 0.474. The molecular weight excluding hydrogens is 348 g/mol. The number of hydrogen-bond acceptors (Lipinski definition) is 6. The number of benzene rings is 1. The molecule has 2 aliphatic rings. The SMILES string of the molecule is Cc1cc2c(cc1-c1cc(N3CCN(C)CC3)nc(N)n1)CNCC2.Cl. The number of fused-ring (bicyclic) bond motifs is 1. The molecule has 3 N–H and O–H groups in total. The van der Waals surface area contributed by atoms with Gasteiger partial charge in [0.05, 0.1) is 5.69 Å². The monoisotopic (exact) mass is 374 g/mol. The molecule has 1 aromatic heterocycles. The van der Waals surface area contributed by atoms with Crippen LogP contribution in [0.25, 0.3) is 11.3 Å². The lowest BCUT2D eigenvalue weighted by molar-refractivity contribution is 0.312. The third-order valence-electron chi connectivity index (χ3n) is 5.27. The van der Waals surface area contributed by atoms with Crippen LogP contribution in [0.15, 0.2) is 18.2 Å². The summed E-state index contributed by atoms with van der Waals surface area (Å²) in [6, 6.07) is 6.67. The van der Waals surface area contributed by atoms with Crippen LogP contribution >= 0.6 is 12.4 Å². The summed E-state index contributed by atoms with van der Waals surface area (Å²) in [5, 5.41) is 3.45. The van der Waals surface area contributed by atoms with Gasteiger partial charge in [-0.3, -0.25) is 0 Å². The molecule has 0 atom stereocenters. The highest BCUT2D eigenvalue weighted by atomic mass is 35.5. The predicted octanol–water partition coefficient (Wildman–Crippen LogP) is 1.85. The van der Waals surface area contributed by atoms with Gasteiger partial charge in [0.1, 0.15) is 5.82 Å². The normalized spacial score (nSPS) is 17.5. The van der Waals surface area contributed by atoms with E-state index in [1.165, 1.54) is 16.7 Å². The van der Waals surface area contributed by atoms with Gasteiger partial charge in [-0.25, -0.2) is 4.98 Å². The van der Waals surface area contributed by atoms with E-state index in [1.807, 2.05) is 0 Å². The van der Waals surface area contributed by atoms with Crippen LogP contribution in [0.5, 0.6) is 0 Å². The summed E-state index contributed by atoms with van der Waals surface area (Å²) < 4.78 is 0. The first kappa shape index (κ1) is 18.9. The maximum Gasteiger partial charge on any atom is 0.222 e. The summed E-state index contributed by atoms with van der Waals surface area (Å²) in [6.45, 7) is 8.17. The van der Waals surface area contributed by atoms with E-state index in [2.05, 4.69) is 57.3 Å². The van der Waals surface area contributed by atoms with Gasteiger partial charge in [-0.05, 0) is 49.7 Å². The summed E-state index contributed by atoms with van der Waals surface area (Å²) in [4.78, 5) is 13.7. The molecule has 7 heteroatoms. The van der Waals surface area contributed by atoms with Crippen molar-refractivity contribution in [3.63, 3.8) is 0 Å². The second-order valence-electron chi connectivity index (χ2n) is 7.12. The second-order valence-corrected chi connectivity index (χ2v) is 7.12. The zero-order valence-corrected chi connectivity index (χ0v) is 16.3. The molecule has 0 spiro atoms. The molecule has 6 nitrogen and oxygen atoms in total. The van der Waals surface area contributed by atoms with Crippen LogP contribution in [0.4, 0.5) is 11.8 Å². The van der Waals surface area contributed by atoms with Gasteiger partial charge in [-0.1, -0.05) is 6.07 Å². The quantitative estimate of drug-likeness (QED) is 0.836. The molecule has 1 aromatic carbocycles. The lowest BCUT2D eigenvalue weighted by Gasteiger charge is -2.33. The number of aryl methyl sites for hydroxylation is 1. The van der Waals surface area contributed by atoms with E-state index in [1.54, 1.807) is 0 Å². The van der Waals surface area contributed by atoms with Gasteiger partial charge in [-0.2, -0.15) is 4.98 Å².